The Bertz CT molecular complexity index is 503. The first kappa shape index (κ1) is 12.4. The van der Waals surface area contributed by atoms with Crippen LogP contribution in [-0.2, 0) is 14.3 Å². The average molecular weight is 259 g/mol. The van der Waals surface area contributed by atoms with Crippen LogP contribution in [0.5, 0.6) is 0 Å². The van der Waals surface area contributed by atoms with E-state index in [1.807, 2.05) is 43.3 Å². The van der Waals surface area contributed by atoms with Crippen LogP contribution in [0.1, 0.15) is 13.3 Å². The number of amides is 1. The smallest absolute Gasteiger partial charge is 0.254 e. The lowest BCUT2D eigenvalue weighted by Crippen LogP contribution is -2.27. The maximum Gasteiger partial charge on any atom is 0.254 e. The van der Waals surface area contributed by atoms with Crippen LogP contribution in [0.3, 0.4) is 0 Å². The van der Waals surface area contributed by atoms with Crippen LogP contribution in [-0.4, -0.2) is 31.5 Å². The molecule has 0 radical (unpaired) electrons. The fourth-order valence-corrected chi connectivity index (χ4v) is 2.53. The highest BCUT2D eigenvalue weighted by Gasteiger charge is 2.34. The second-order valence-electron chi connectivity index (χ2n) is 4.92. The molecule has 2 fully saturated rings. The Morgan fingerprint density at radius 1 is 1.21 bits per heavy atom. The molecule has 2 heterocycles. The van der Waals surface area contributed by atoms with Crippen molar-refractivity contribution in [3.8, 4) is 0 Å². The Morgan fingerprint density at radius 2 is 1.89 bits per heavy atom. The third-order valence-corrected chi connectivity index (χ3v) is 3.49. The molecule has 2 aliphatic rings. The molecule has 3 rings (SSSR count). The first-order chi connectivity index (χ1) is 9.18. The fourth-order valence-electron chi connectivity index (χ4n) is 2.53. The summed E-state index contributed by atoms with van der Waals surface area (Å²) in [7, 11) is 0. The van der Waals surface area contributed by atoms with Gasteiger partial charge in [0.05, 0.1) is 13.2 Å². The third-order valence-electron chi connectivity index (χ3n) is 3.49. The van der Waals surface area contributed by atoms with Crippen LogP contribution >= 0.6 is 0 Å². The van der Waals surface area contributed by atoms with E-state index < -0.39 is 5.79 Å². The van der Waals surface area contributed by atoms with Crippen LogP contribution in [0, 0.1) is 0 Å². The summed E-state index contributed by atoms with van der Waals surface area (Å²) >= 11 is 0. The summed E-state index contributed by atoms with van der Waals surface area (Å²) in [5.74, 6) is -0.691. The molecule has 0 aromatic heterocycles. The minimum absolute atomic E-state index is 0.0477. The quantitative estimate of drug-likeness (QED) is 0.764. The van der Waals surface area contributed by atoms with E-state index in [1.165, 1.54) is 0 Å². The number of anilines is 1. The molecule has 2 aliphatic heterocycles. The largest absolute Gasteiger partial charge is 0.344 e. The summed E-state index contributed by atoms with van der Waals surface area (Å²) in [5.41, 5.74) is 1.71. The molecule has 0 atom stereocenters. The zero-order chi connectivity index (χ0) is 13.3. The average Bonchev–Trinajstić information content (AvgIpc) is 2.99. The number of hydrogen-bond acceptors (Lipinski definition) is 3. The van der Waals surface area contributed by atoms with E-state index in [2.05, 4.69) is 0 Å². The summed E-state index contributed by atoms with van der Waals surface area (Å²) in [6.45, 7) is 3.73. The van der Waals surface area contributed by atoms with Gasteiger partial charge in [0.25, 0.3) is 5.91 Å². The maximum absolute atomic E-state index is 12.4. The van der Waals surface area contributed by atoms with Gasteiger partial charge in [0.2, 0.25) is 0 Å². The predicted molar refractivity (Wildman–Crippen MR) is 71.8 cm³/mol. The molecule has 100 valence electrons. The van der Waals surface area contributed by atoms with E-state index in [0.717, 1.165) is 17.7 Å². The van der Waals surface area contributed by atoms with E-state index in [4.69, 9.17) is 9.47 Å². The van der Waals surface area contributed by atoms with Gasteiger partial charge in [0.1, 0.15) is 0 Å². The third kappa shape index (κ3) is 2.41. The van der Waals surface area contributed by atoms with Gasteiger partial charge in [-0.1, -0.05) is 18.2 Å². The van der Waals surface area contributed by atoms with Crippen molar-refractivity contribution in [3.05, 3.63) is 42.0 Å². The summed E-state index contributed by atoms with van der Waals surface area (Å²) in [6, 6.07) is 9.72. The van der Waals surface area contributed by atoms with Gasteiger partial charge in [-0.15, -0.1) is 0 Å². The molecule has 0 saturated carbocycles. The Labute approximate surface area is 112 Å². The zero-order valence-corrected chi connectivity index (χ0v) is 11.0. The van der Waals surface area contributed by atoms with Gasteiger partial charge in [0.15, 0.2) is 5.79 Å². The summed E-state index contributed by atoms with van der Waals surface area (Å²) in [5, 5.41) is 0. The summed E-state index contributed by atoms with van der Waals surface area (Å²) in [4.78, 5) is 14.2. The number of nitrogens with zero attached hydrogens (tertiary/aromatic N) is 1. The number of benzene rings is 1. The van der Waals surface area contributed by atoms with Crippen LogP contribution in [0.2, 0.25) is 0 Å². The molecule has 0 N–H and O–H groups in total. The van der Waals surface area contributed by atoms with Gasteiger partial charge in [-0.05, 0) is 31.6 Å². The molecular weight excluding hydrogens is 242 g/mol. The lowest BCUT2D eigenvalue weighted by atomic mass is 10.1. The fraction of sp³-hybridized carbons (Fsp3) is 0.400. The van der Waals surface area contributed by atoms with Crippen molar-refractivity contribution in [3.63, 3.8) is 0 Å². The highest BCUT2D eigenvalue weighted by molar-refractivity contribution is 6.08. The monoisotopic (exact) mass is 259 g/mol. The molecule has 2 saturated heterocycles. The highest BCUT2D eigenvalue weighted by Crippen LogP contribution is 2.29. The Morgan fingerprint density at radius 3 is 2.58 bits per heavy atom. The predicted octanol–water partition coefficient (Wildman–Crippen LogP) is 2.11. The minimum Gasteiger partial charge on any atom is -0.344 e. The normalized spacial score (nSPS) is 24.4. The van der Waals surface area contributed by atoms with E-state index in [-0.39, 0.29) is 5.91 Å². The number of carbonyl (C=O) groups excluding carboxylic acids is 1. The van der Waals surface area contributed by atoms with Crippen molar-refractivity contribution >= 4 is 11.6 Å². The van der Waals surface area contributed by atoms with Gasteiger partial charge >= 0.3 is 0 Å². The lowest BCUT2D eigenvalue weighted by molar-refractivity contribution is -0.116. The van der Waals surface area contributed by atoms with Gasteiger partial charge < -0.3 is 14.4 Å². The van der Waals surface area contributed by atoms with E-state index >= 15 is 0 Å². The number of ether oxygens (including phenoxy) is 2. The van der Waals surface area contributed by atoms with Crippen molar-refractivity contribution in [1.29, 1.82) is 0 Å². The molecule has 19 heavy (non-hydrogen) atoms. The maximum atomic E-state index is 12.4. The molecule has 0 spiro atoms. The zero-order valence-electron chi connectivity index (χ0n) is 11.0. The second kappa shape index (κ2) is 4.79. The molecule has 0 bridgehead atoms. The van der Waals surface area contributed by atoms with Crippen molar-refractivity contribution < 1.29 is 14.3 Å². The molecule has 0 unspecified atom stereocenters. The van der Waals surface area contributed by atoms with Gasteiger partial charge in [-0.3, -0.25) is 4.79 Å². The number of hydrogen-bond donors (Lipinski definition) is 0. The SMILES string of the molecule is CC1(/C=C2\CCN(c3ccccc3)C2=O)OCCO1. The van der Waals surface area contributed by atoms with Crippen LogP contribution in [0.4, 0.5) is 5.69 Å². The van der Waals surface area contributed by atoms with E-state index in [0.29, 0.717) is 19.8 Å². The molecule has 1 amide bonds. The van der Waals surface area contributed by atoms with E-state index in [1.54, 1.807) is 4.90 Å². The first-order valence-electron chi connectivity index (χ1n) is 6.54. The van der Waals surface area contributed by atoms with Crippen LogP contribution < -0.4 is 4.90 Å². The number of rotatable bonds is 2. The second-order valence-corrected chi connectivity index (χ2v) is 4.92. The van der Waals surface area contributed by atoms with E-state index in [9.17, 15) is 4.79 Å². The Balaban J connectivity index is 1.81. The number of para-hydroxylation sites is 1. The molecule has 1 aromatic rings. The standard InChI is InChI=1S/C15H17NO3/c1-15(18-9-10-19-15)11-12-7-8-16(14(12)17)13-5-3-2-4-6-13/h2-6,11H,7-10H2,1H3/b12-11+. The lowest BCUT2D eigenvalue weighted by Gasteiger charge is -2.19. The summed E-state index contributed by atoms with van der Waals surface area (Å²) < 4.78 is 11.0. The highest BCUT2D eigenvalue weighted by atomic mass is 16.7. The molecule has 1 aromatic carbocycles. The van der Waals surface area contributed by atoms with Gasteiger partial charge in [-0.2, -0.15) is 0 Å². The number of carbonyl (C=O) groups is 1. The topological polar surface area (TPSA) is 38.8 Å². The van der Waals surface area contributed by atoms with Crippen molar-refractivity contribution in [2.45, 2.75) is 19.1 Å². The van der Waals surface area contributed by atoms with Crippen molar-refractivity contribution in [2.24, 2.45) is 0 Å². The Kier molecular flexibility index (Phi) is 3.12. The minimum atomic E-state index is -0.738. The van der Waals surface area contributed by atoms with Crippen molar-refractivity contribution in [2.75, 3.05) is 24.7 Å². The Hall–Kier alpha value is -1.65. The molecular formula is C15H17NO3. The van der Waals surface area contributed by atoms with Gasteiger partial charge in [0, 0.05) is 17.8 Å². The van der Waals surface area contributed by atoms with Crippen molar-refractivity contribution in [1.82, 2.24) is 0 Å². The molecule has 4 heteroatoms. The van der Waals surface area contributed by atoms with Gasteiger partial charge in [-0.25, -0.2) is 0 Å². The summed E-state index contributed by atoms with van der Waals surface area (Å²) in [6.07, 6.45) is 2.56. The first-order valence-corrected chi connectivity index (χ1v) is 6.54. The molecule has 0 aliphatic carbocycles. The van der Waals surface area contributed by atoms with Crippen LogP contribution in [0.25, 0.3) is 0 Å². The van der Waals surface area contributed by atoms with Crippen LogP contribution in [0.15, 0.2) is 42.0 Å². The molecule has 4 nitrogen and oxygen atoms in total.